The quantitative estimate of drug-likeness (QED) is 0.834. The fourth-order valence-electron chi connectivity index (χ4n) is 2.59. The van der Waals surface area contributed by atoms with E-state index in [9.17, 15) is 13.2 Å². The fraction of sp³-hybridized carbons (Fsp3) is 0.188. The van der Waals surface area contributed by atoms with Crippen molar-refractivity contribution in [3.05, 3.63) is 52.5 Å². The van der Waals surface area contributed by atoms with Gasteiger partial charge in [-0.1, -0.05) is 12.1 Å². The maximum atomic E-state index is 12.4. The number of primary sulfonamides is 1. The number of anilines is 1. The van der Waals surface area contributed by atoms with E-state index in [1.54, 1.807) is 17.0 Å². The second kappa shape index (κ2) is 6.54. The van der Waals surface area contributed by atoms with Crippen LogP contribution in [0, 0.1) is 0 Å². The Hall–Kier alpha value is -1.90. The predicted molar refractivity (Wildman–Crippen MR) is 93.5 cm³/mol. The molecule has 24 heavy (non-hydrogen) atoms. The molecular formula is C16H15BrN2O4S. The van der Waals surface area contributed by atoms with Gasteiger partial charge in [-0.15, -0.1) is 0 Å². The summed E-state index contributed by atoms with van der Waals surface area (Å²) in [5.41, 5.74) is 1.49. The Morgan fingerprint density at radius 1 is 1.25 bits per heavy atom. The average Bonchev–Trinajstić information content (AvgIpc) is 2.96. The van der Waals surface area contributed by atoms with Crippen molar-refractivity contribution in [2.75, 3.05) is 18.1 Å². The molecule has 0 radical (unpaired) electrons. The van der Waals surface area contributed by atoms with Crippen LogP contribution in [0.3, 0.4) is 0 Å². The number of carbonyl (C=O) groups is 1. The van der Waals surface area contributed by atoms with Gasteiger partial charge in [-0.2, -0.15) is 0 Å². The fourth-order valence-corrected chi connectivity index (χ4v) is 3.56. The van der Waals surface area contributed by atoms with E-state index in [1.165, 1.54) is 12.1 Å². The summed E-state index contributed by atoms with van der Waals surface area (Å²) in [7, 11) is -3.75. The largest absolute Gasteiger partial charge is 0.483 e. The Morgan fingerprint density at radius 3 is 2.71 bits per heavy atom. The summed E-state index contributed by atoms with van der Waals surface area (Å²) >= 11 is 3.36. The summed E-state index contributed by atoms with van der Waals surface area (Å²) in [6.45, 7) is 0.389. The topological polar surface area (TPSA) is 89.7 Å². The number of halogens is 1. The molecule has 2 aromatic rings. The first kappa shape index (κ1) is 16.9. The zero-order valence-electron chi connectivity index (χ0n) is 12.6. The predicted octanol–water partition coefficient (Wildman–Crippen LogP) is 2.06. The molecule has 1 amide bonds. The van der Waals surface area contributed by atoms with E-state index in [-0.39, 0.29) is 17.4 Å². The highest BCUT2D eigenvalue weighted by Crippen LogP contribution is 2.30. The van der Waals surface area contributed by atoms with E-state index in [0.717, 1.165) is 10.0 Å². The number of para-hydroxylation sites is 1. The number of hydrogen-bond acceptors (Lipinski definition) is 4. The van der Waals surface area contributed by atoms with E-state index in [0.29, 0.717) is 24.4 Å². The number of rotatable bonds is 4. The van der Waals surface area contributed by atoms with Crippen LogP contribution in [-0.4, -0.2) is 27.5 Å². The lowest BCUT2D eigenvalue weighted by molar-refractivity contribution is -0.120. The zero-order chi connectivity index (χ0) is 17.3. The molecule has 1 aliphatic heterocycles. The van der Waals surface area contributed by atoms with Crippen molar-refractivity contribution < 1.29 is 17.9 Å². The highest BCUT2D eigenvalue weighted by molar-refractivity contribution is 9.10. The number of benzene rings is 2. The summed E-state index contributed by atoms with van der Waals surface area (Å²) < 4.78 is 29.1. The van der Waals surface area contributed by atoms with Gasteiger partial charge in [-0.3, -0.25) is 4.79 Å². The molecule has 0 unspecified atom stereocenters. The Morgan fingerprint density at radius 2 is 2.00 bits per heavy atom. The molecule has 2 aromatic carbocycles. The highest BCUT2D eigenvalue weighted by atomic mass is 79.9. The van der Waals surface area contributed by atoms with Crippen LogP contribution < -0.4 is 14.8 Å². The molecule has 0 fully saturated rings. The van der Waals surface area contributed by atoms with Crippen LogP contribution in [-0.2, 0) is 21.2 Å². The van der Waals surface area contributed by atoms with Crippen molar-refractivity contribution in [1.29, 1.82) is 0 Å². The van der Waals surface area contributed by atoms with Crippen LogP contribution in [0.15, 0.2) is 51.8 Å². The molecule has 3 rings (SSSR count). The molecule has 126 valence electrons. The highest BCUT2D eigenvalue weighted by Gasteiger charge is 2.26. The van der Waals surface area contributed by atoms with Gasteiger partial charge in [0.05, 0.1) is 9.37 Å². The van der Waals surface area contributed by atoms with Crippen molar-refractivity contribution >= 4 is 37.5 Å². The lowest BCUT2D eigenvalue weighted by Crippen LogP contribution is -2.33. The summed E-state index contributed by atoms with van der Waals surface area (Å²) in [5, 5.41) is 5.14. The minimum absolute atomic E-state index is 0.0556. The lowest BCUT2D eigenvalue weighted by Gasteiger charge is -2.18. The molecule has 0 aliphatic carbocycles. The van der Waals surface area contributed by atoms with Gasteiger partial charge in [0.1, 0.15) is 5.75 Å². The number of nitrogens with two attached hydrogens (primary N) is 1. The van der Waals surface area contributed by atoms with Gasteiger partial charge in [0.25, 0.3) is 5.91 Å². The maximum Gasteiger partial charge on any atom is 0.264 e. The summed E-state index contributed by atoms with van der Waals surface area (Å²) in [6.07, 6.45) is 0.583. The molecular weight excluding hydrogens is 396 g/mol. The van der Waals surface area contributed by atoms with E-state index in [2.05, 4.69) is 15.9 Å². The van der Waals surface area contributed by atoms with E-state index in [4.69, 9.17) is 9.88 Å². The minimum Gasteiger partial charge on any atom is -0.483 e. The van der Waals surface area contributed by atoms with Crippen LogP contribution in [0.4, 0.5) is 5.69 Å². The molecule has 8 heteroatoms. The molecule has 1 aliphatic rings. The number of nitrogens with zero attached hydrogens (tertiary/aromatic N) is 1. The van der Waals surface area contributed by atoms with Crippen LogP contribution in [0.5, 0.6) is 5.75 Å². The van der Waals surface area contributed by atoms with Gasteiger partial charge in [0, 0.05) is 12.2 Å². The molecule has 0 saturated heterocycles. The molecule has 6 nitrogen and oxygen atoms in total. The number of ether oxygens (including phenoxy) is 1. The van der Waals surface area contributed by atoms with Crippen molar-refractivity contribution in [2.24, 2.45) is 5.14 Å². The van der Waals surface area contributed by atoms with Crippen molar-refractivity contribution in [3.8, 4) is 5.75 Å². The molecule has 0 bridgehead atoms. The van der Waals surface area contributed by atoms with E-state index < -0.39 is 10.0 Å². The van der Waals surface area contributed by atoms with Crippen LogP contribution in [0.25, 0.3) is 0 Å². The first-order chi connectivity index (χ1) is 11.4. The minimum atomic E-state index is -3.75. The normalized spacial score (nSPS) is 13.7. The SMILES string of the molecule is NS(=O)(=O)c1ccc2c(c1)CCN2C(=O)COc1ccccc1Br. The second-order valence-corrected chi connectivity index (χ2v) is 7.77. The zero-order valence-corrected chi connectivity index (χ0v) is 15.0. The lowest BCUT2D eigenvalue weighted by atomic mass is 10.2. The molecule has 0 spiro atoms. The number of carbonyl (C=O) groups excluding carboxylic acids is 1. The van der Waals surface area contributed by atoms with Crippen molar-refractivity contribution in [3.63, 3.8) is 0 Å². The molecule has 0 aromatic heterocycles. The molecule has 2 N–H and O–H groups in total. The third-order valence-corrected chi connectivity index (χ3v) is 5.33. The van der Waals surface area contributed by atoms with Gasteiger partial charge in [0.15, 0.2) is 6.61 Å². The van der Waals surface area contributed by atoms with Crippen molar-refractivity contribution in [2.45, 2.75) is 11.3 Å². The van der Waals surface area contributed by atoms with Gasteiger partial charge in [-0.25, -0.2) is 13.6 Å². The summed E-state index contributed by atoms with van der Waals surface area (Å²) in [4.78, 5) is 14.1. The number of sulfonamides is 1. The molecule has 0 atom stereocenters. The monoisotopic (exact) mass is 410 g/mol. The Balaban J connectivity index is 1.74. The maximum absolute atomic E-state index is 12.4. The third kappa shape index (κ3) is 3.45. The second-order valence-electron chi connectivity index (χ2n) is 5.35. The Kier molecular flexibility index (Phi) is 4.62. The Bertz CT molecular complexity index is 899. The number of hydrogen-bond donors (Lipinski definition) is 1. The van der Waals surface area contributed by atoms with Crippen LogP contribution in [0.1, 0.15) is 5.56 Å². The average molecular weight is 411 g/mol. The van der Waals surface area contributed by atoms with Gasteiger partial charge >= 0.3 is 0 Å². The molecule has 1 heterocycles. The third-order valence-electron chi connectivity index (χ3n) is 3.76. The van der Waals surface area contributed by atoms with E-state index in [1.807, 2.05) is 18.2 Å². The first-order valence-corrected chi connectivity index (χ1v) is 9.53. The summed E-state index contributed by atoms with van der Waals surface area (Å²) in [5.74, 6) is 0.405. The Labute approximate surface area is 148 Å². The van der Waals surface area contributed by atoms with Crippen molar-refractivity contribution in [1.82, 2.24) is 0 Å². The van der Waals surface area contributed by atoms with Gasteiger partial charge < -0.3 is 9.64 Å². The first-order valence-electron chi connectivity index (χ1n) is 7.19. The standard InChI is InChI=1S/C16H15BrN2O4S/c17-13-3-1-2-4-15(13)23-10-16(20)19-8-7-11-9-12(24(18,21)22)5-6-14(11)19/h1-6,9H,7-8,10H2,(H2,18,21,22). The van der Waals surface area contributed by atoms with Gasteiger partial charge in [0.2, 0.25) is 10.0 Å². The number of amides is 1. The van der Waals surface area contributed by atoms with E-state index >= 15 is 0 Å². The van der Waals surface area contributed by atoms with Crippen LogP contribution >= 0.6 is 15.9 Å². The molecule has 0 saturated carbocycles. The number of fused-ring (bicyclic) bond motifs is 1. The van der Waals surface area contributed by atoms with Crippen LogP contribution in [0.2, 0.25) is 0 Å². The summed E-state index contributed by atoms with van der Waals surface area (Å²) in [6, 6.07) is 11.8. The smallest absolute Gasteiger partial charge is 0.264 e. The van der Waals surface area contributed by atoms with Gasteiger partial charge in [-0.05, 0) is 58.2 Å².